The average Bonchev–Trinajstić information content (AvgIpc) is 2.72. The van der Waals surface area contributed by atoms with E-state index in [4.69, 9.17) is 5.10 Å². The van der Waals surface area contributed by atoms with E-state index < -0.39 is 0 Å². The second-order valence-corrected chi connectivity index (χ2v) is 6.83. The predicted molar refractivity (Wildman–Crippen MR) is 84.7 cm³/mol. The average molecular weight is 328 g/mol. The summed E-state index contributed by atoms with van der Waals surface area (Å²) >= 11 is 3.75. The number of halogens is 1. The molecule has 0 saturated heterocycles. The predicted octanol–water partition coefficient (Wildman–Crippen LogP) is 4.78. The van der Waals surface area contributed by atoms with Crippen LogP contribution in [0.4, 0.5) is 5.82 Å². The Balaban J connectivity index is 2.25. The Morgan fingerprint density at radius 1 is 1.37 bits per heavy atom. The van der Waals surface area contributed by atoms with E-state index in [1.54, 1.807) is 0 Å². The lowest BCUT2D eigenvalue weighted by Gasteiger charge is -2.31. The van der Waals surface area contributed by atoms with E-state index in [2.05, 4.69) is 53.6 Å². The van der Waals surface area contributed by atoms with Crippen LogP contribution < -0.4 is 5.32 Å². The minimum atomic E-state index is 0.547. The van der Waals surface area contributed by atoms with Gasteiger partial charge in [0.2, 0.25) is 0 Å². The quantitative estimate of drug-likeness (QED) is 0.843. The Hall–Kier alpha value is -0.510. The molecule has 0 bridgehead atoms. The van der Waals surface area contributed by atoms with Gasteiger partial charge in [0.25, 0.3) is 0 Å². The Bertz CT molecular complexity index is 425. The fraction of sp³-hybridized carbons (Fsp3) is 0.800. The summed E-state index contributed by atoms with van der Waals surface area (Å²) in [5.74, 6) is 1.92. The first-order valence-electron chi connectivity index (χ1n) is 7.60. The summed E-state index contributed by atoms with van der Waals surface area (Å²) in [6.45, 7) is 9.05. The van der Waals surface area contributed by atoms with Crippen LogP contribution in [0.3, 0.4) is 0 Å². The molecule has 0 saturated carbocycles. The summed E-state index contributed by atoms with van der Waals surface area (Å²) in [7, 11) is 0. The smallest absolute Gasteiger partial charge is 0.139 e. The highest BCUT2D eigenvalue weighted by Gasteiger charge is 2.28. The van der Waals surface area contributed by atoms with Crippen molar-refractivity contribution in [2.45, 2.75) is 71.9 Å². The third kappa shape index (κ3) is 3.15. The number of hydrogen-bond donors (Lipinski definition) is 1. The molecular formula is C15H26BrN3. The van der Waals surface area contributed by atoms with Crippen LogP contribution in [-0.2, 0) is 6.42 Å². The molecule has 0 amide bonds. The molecule has 2 unspecified atom stereocenters. The van der Waals surface area contributed by atoms with E-state index in [9.17, 15) is 0 Å². The maximum atomic E-state index is 4.85. The number of rotatable bonds is 5. The van der Waals surface area contributed by atoms with Gasteiger partial charge >= 0.3 is 0 Å². The van der Waals surface area contributed by atoms with Crippen molar-refractivity contribution in [3.05, 3.63) is 10.2 Å². The van der Waals surface area contributed by atoms with Crippen molar-refractivity contribution >= 4 is 21.7 Å². The Morgan fingerprint density at radius 2 is 2.11 bits per heavy atom. The van der Waals surface area contributed by atoms with Crippen LogP contribution in [0.15, 0.2) is 4.47 Å². The maximum absolute atomic E-state index is 4.85. The number of anilines is 1. The second-order valence-electron chi connectivity index (χ2n) is 6.03. The van der Waals surface area contributed by atoms with Crippen molar-refractivity contribution in [2.75, 3.05) is 5.32 Å². The van der Waals surface area contributed by atoms with Crippen molar-refractivity contribution in [2.24, 2.45) is 5.92 Å². The van der Waals surface area contributed by atoms with E-state index >= 15 is 0 Å². The molecule has 0 aromatic carbocycles. The monoisotopic (exact) mass is 327 g/mol. The lowest BCUT2D eigenvalue weighted by atomic mass is 10.0. The summed E-state index contributed by atoms with van der Waals surface area (Å²) in [6.07, 6.45) is 5.78. The molecule has 1 aromatic rings. The van der Waals surface area contributed by atoms with E-state index in [1.807, 2.05) is 0 Å². The van der Waals surface area contributed by atoms with E-state index in [0.717, 1.165) is 18.8 Å². The van der Waals surface area contributed by atoms with Gasteiger partial charge in [-0.1, -0.05) is 27.7 Å². The molecule has 108 valence electrons. The number of hydrogen-bond acceptors (Lipinski definition) is 2. The number of aryl methyl sites for hydroxylation is 1. The maximum Gasteiger partial charge on any atom is 0.139 e. The summed E-state index contributed by atoms with van der Waals surface area (Å²) in [5, 5.41) is 8.49. The van der Waals surface area contributed by atoms with Crippen molar-refractivity contribution in [3.8, 4) is 0 Å². The highest BCUT2D eigenvalue weighted by molar-refractivity contribution is 9.10. The lowest BCUT2D eigenvalue weighted by Crippen LogP contribution is -2.31. The first-order chi connectivity index (χ1) is 9.06. The van der Waals surface area contributed by atoms with Gasteiger partial charge in [-0.15, -0.1) is 0 Å². The third-order valence-electron chi connectivity index (χ3n) is 4.08. The van der Waals surface area contributed by atoms with Crippen molar-refractivity contribution < 1.29 is 0 Å². The normalized spacial score (nSPS) is 22.4. The minimum absolute atomic E-state index is 0.547. The van der Waals surface area contributed by atoms with Gasteiger partial charge in [-0.3, -0.25) is 0 Å². The van der Waals surface area contributed by atoms with Gasteiger partial charge in [0, 0.05) is 6.04 Å². The van der Waals surface area contributed by atoms with E-state index in [0.29, 0.717) is 12.1 Å². The Morgan fingerprint density at radius 3 is 2.68 bits per heavy atom. The summed E-state index contributed by atoms with van der Waals surface area (Å²) in [5.41, 5.74) is 1.21. The fourth-order valence-corrected chi connectivity index (χ4v) is 3.30. The van der Waals surface area contributed by atoms with Crippen LogP contribution in [0.25, 0.3) is 0 Å². The molecule has 2 heterocycles. The molecule has 1 N–H and O–H groups in total. The minimum Gasteiger partial charge on any atom is -0.367 e. The zero-order valence-corrected chi connectivity index (χ0v) is 14.1. The van der Waals surface area contributed by atoms with Gasteiger partial charge in [0.05, 0.1) is 16.2 Å². The molecule has 3 nitrogen and oxygen atoms in total. The van der Waals surface area contributed by atoms with Crippen LogP contribution in [0, 0.1) is 5.92 Å². The van der Waals surface area contributed by atoms with Gasteiger partial charge in [0.1, 0.15) is 5.82 Å². The first-order valence-corrected chi connectivity index (χ1v) is 8.39. The van der Waals surface area contributed by atoms with Crippen molar-refractivity contribution in [1.82, 2.24) is 9.78 Å². The highest BCUT2D eigenvalue weighted by Crippen LogP contribution is 2.37. The van der Waals surface area contributed by atoms with Gasteiger partial charge in [0.15, 0.2) is 0 Å². The van der Waals surface area contributed by atoms with Crippen molar-refractivity contribution in [3.63, 3.8) is 0 Å². The standard InChI is InChI=1S/C15H26BrN3/c1-5-11-9-12(6-2)19-15(17-11)14(16)13(18-19)8-7-10(3)4/h10-12,17H,5-9H2,1-4H3. The zero-order chi connectivity index (χ0) is 14.0. The fourth-order valence-electron chi connectivity index (χ4n) is 2.73. The molecule has 2 rings (SSSR count). The molecule has 4 heteroatoms. The molecular weight excluding hydrogens is 302 g/mol. The number of fused-ring (bicyclic) bond motifs is 1. The molecule has 0 spiro atoms. The number of nitrogens with one attached hydrogen (secondary N) is 1. The summed E-state index contributed by atoms with van der Waals surface area (Å²) < 4.78 is 3.40. The van der Waals surface area contributed by atoms with E-state index in [1.165, 1.54) is 35.2 Å². The Kier molecular flexibility index (Phi) is 4.93. The third-order valence-corrected chi connectivity index (χ3v) is 4.92. The van der Waals surface area contributed by atoms with Gasteiger partial charge in [-0.25, -0.2) is 4.68 Å². The van der Waals surface area contributed by atoms with Gasteiger partial charge in [-0.2, -0.15) is 5.10 Å². The van der Waals surface area contributed by atoms with Crippen LogP contribution in [0.1, 0.15) is 65.1 Å². The molecule has 1 aliphatic heterocycles. The molecule has 0 aliphatic carbocycles. The second kappa shape index (κ2) is 6.29. The Labute approximate surface area is 125 Å². The highest BCUT2D eigenvalue weighted by atomic mass is 79.9. The lowest BCUT2D eigenvalue weighted by molar-refractivity contribution is 0.360. The van der Waals surface area contributed by atoms with Crippen LogP contribution in [0.2, 0.25) is 0 Å². The van der Waals surface area contributed by atoms with Crippen molar-refractivity contribution in [1.29, 1.82) is 0 Å². The van der Waals surface area contributed by atoms with Crippen LogP contribution >= 0.6 is 15.9 Å². The zero-order valence-electron chi connectivity index (χ0n) is 12.5. The molecule has 1 aliphatic rings. The van der Waals surface area contributed by atoms with Crippen LogP contribution in [0.5, 0.6) is 0 Å². The molecule has 1 aromatic heterocycles. The summed E-state index contributed by atoms with van der Waals surface area (Å²) in [6, 6.07) is 1.13. The first kappa shape index (κ1) is 14.9. The van der Waals surface area contributed by atoms with Crippen LogP contribution in [-0.4, -0.2) is 15.8 Å². The topological polar surface area (TPSA) is 29.9 Å². The van der Waals surface area contributed by atoms with Gasteiger partial charge < -0.3 is 5.32 Å². The SMILES string of the molecule is CCC1CC(CC)n2nc(CCC(C)C)c(Br)c2N1. The molecule has 0 fully saturated rings. The number of nitrogens with zero attached hydrogens (tertiary/aromatic N) is 2. The molecule has 2 atom stereocenters. The molecule has 0 radical (unpaired) electrons. The largest absolute Gasteiger partial charge is 0.367 e. The van der Waals surface area contributed by atoms with E-state index in [-0.39, 0.29) is 0 Å². The number of aromatic nitrogens is 2. The summed E-state index contributed by atoms with van der Waals surface area (Å²) in [4.78, 5) is 0. The van der Waals surface area contributed by atoms with Gasteiger partial charge in [-0.05, 0) is 54.0 Å². The molecule has 19 heavy (non-hydrogen) atoms.